The van der Waals surface area contributed by atoms with Crippen molar-refractivity contribution in [3.05, 3.63) is 94.8 Å². The predicted octanol–water partition coefficient (Wildman–Crippen LogP) is 6.48. The molecule has 5 heteroatoms. The van der Waals surface area contributed by atoms with E-state index >= 15 is 0 Å². The first kappa shape index (κ1) is 19.0. The molecule has 30 heavy (non-hydrogen) atoms. The van der Waals surface area contributed by atoms with E-state index in [4.69, 9.17) is 16.6 Å². The molecule has 3 aromatic carbocycles. The van der Waals surface area contributed by atoms with Crippen LogP contribution in [0.4, 0.5) is 15.8 Å². The Hall–Kier alpha value is -2.98. The van der Waals surface area contributed by atoms with Gasteiger partial charge in [-0.2, -0.15) is 0 Å². The van der Waals surface area contributed by atoms with Crippen LogP contribution in [0.15, 0.2) is 77.8 Å². The molecule has 1 aliphatic carbocycles. The van der Waals surface area contributed by atoms with Gasteiger partial charge in [-0.3, -0.25) is 9.79 Å². The van der Waals surface area contributed by atoms with E-state index in [2.05, 4.69) is 5.32 Å². The minimum Gasteiger partial charge on any atom is -0.375 e. The van der Waals surface area contributed by atoms with Gasteiger partial charge in [-0.1, -0.05) is 60.1 Å². The van der Waals surface area contributed by atoms with Gasteiger partial charge in [0.15, 0.2) is 0 Å². The van der Waals surface area contributed by atoms with Crippen molar-refractivity contribution in [1.82, 2.24) is 0 Å². The molecule has 5 rings (SSSR count). The molecule has 1 N–H and O–H groups in total. The van der Waals surface area contributed by atoms with E-state index in [1.807, 2.05) is 54.6 Å². The second-order valence-electron chi connectivity index (χ2n) is 7.84. The van der Waals surface area contributed by atoms with Gasteiger partial charge in [0, 0.05) is 22.7 Å². The standard InChI is InChI=1S/C25H20ClFN2O/c26-17-9-6-10-18(27)23(17)25-24-21(28-19-11-4-5-12-20(19)29-25)13-16(14-22(24)30)15-7-2-1-3-8-15/h1-12,16,24-25,29H,13-14H2/t16-,24?,25-/m1/s1. The number of benzene rings is 3. The zero-order valence-electron chi connectivity index (χ0n) is 16.2. The lowest BCUT2D eigenvalue weighted by Crippen LogP contribution is -2.39. The molecule has 0 amide bonds. The summed E-state index contributed by atoms with van der Waals surface area (Å²) in [5.74, 6) is -0.863. The van der Waals surface area contributed by atoms with E-state index in [-0.39, 0.29) is 11.7 Å². The number of carbonyl (C=O) groups excluding carboxylic acids is 1. The fourth-order valence-electron chi connectivity index (χ4n) is 4.61. The van der Waals surface area contributed by atoms with Crippen molar-refractivity contribution in [1.29, 1.82) is 0 Å². The third-order valence-electron chi connectivity index (χ3n) is 6.00. The highest BCUT2D eigenvalue weighted by Crippen LogP contribution is 2.45. The Morgan fingerprint density at radius 3 is 2.50 bits per heavy atom. The van der Waals surface area contributed by atoms with Crippen molar-refractivity contribution >= 4 is 34.5 Å². The van der Waals surface area contributed by atoms with Gasteiger partial charge in [0.2, 0.25) is 0 Å². The molecule has 3 aromatic rings. The number of para-hydroxylation sites is 2. The molecule has 0 aromatic heterocycles. The Labute approximate surface area is 179 Å². The number of Topliss-reactive ketones (excluding diaryl/α,β-unsaturated/α-hetero) is 1. The molecule has 3 nitrogen and oxygen atoms in total. The lowest BCUT2D eigenvalue weighted by Gasteiger charge is -2.34. The van der Waals surface area contributed by atoms with Gasteiger partial charge in [0.05, 0.1) is 23.3 Å². The fraction of sp³-hybridized carbons (Fsp3) is 0.200. The number of aliphatic imine (C=N–C) groups is 1. The van der Waals surface area contributed by atoms with Crippen LogP contribution in [0.2, 0.25) is 5.02 Å². The van der Waals surface area contributed by atoms with Gasteiger partial charge >= 0.3 is 0 Å². The average Bonchev–Trinajstić information content (AvgIpc) is 2.91. The zero-order valence-corrected chi connectivity index (χ0v) is 16.9. The van der Waals surface area contributed by atoms with Crippen molar-refractivity contribution in [3.8, 4) is 0 Å². The minimum atomic E-state index is -0.606. The molecule has 3 atom stereocenters. The topological polar surface area (TPSA) is 41.5 Å². The minimum absolute atomic E-state index is 0.0541. The van der Waals surface area contributed by atoms with Gasteiger partial charge in [-0.05, 0) is 42.2 Å². The summed E-state index contributed by atoms with van der Waals surface area (Å²) in [4.78, 5) is 18.3. The molecule has 2 aliphatic rings. The second-order valence-corrected chi connectivity index (χ2v) is 8.24. The molecule has 1 fully saturated rings. The third kappa shape index (κ3) is 3.31. The number of rotatable bonds is 2. The molecular formula is C25H20ClFN2O. The van der Waals surface area contributed by atoms with Gasteiger partial charge < -0.3 is 5.32 Å². The zero-order chi connectivity index (χ0) is 20.7. The fourth-order valence-corrected chi connectivity index (χ4v) is 4.89. The summed E-state index contributed by atoms with van der Waals surface area (Å²) in [5, 5.41) is 3.69. The number of hydrogen-bond acceptors (Lipinski definition) is 3. The number of carbonyl (C=O) groups is 1. The largest absolute Gasteiger partial charge is 0.375 e. The Bertz CT molecular complexity index is 1120. The first-order valence-corrected chi connectivity index (χ1v) is 10.4. The van der Waals surface area contributed by atoms with Crippen LogP contribution in [0.1, 0.15) is 35.9 Å². The first-order valence-electron chi connectivity index (χ1n) is 10.1. The number of fused-ring (bicyclic) bond motifs is 2. The van der Waals surface area contributed by atoms with Crippen LogP contribution in [-0.2, 0) is 4.79 Å². The number of anilines is 1. The van der Waals surface area contributed by atoms with Crippen molar-refractivity contribution in [3.63, 3.8) is 0 Å². The molecule has 1 unspecified atom stereocenters. The van der Waals surface area contributed by atoms with Crippen molar-refractivity contribution < 1.29 is 9.18 Å². The van der Waals surface area contributed by atoms with E-state index in [0.29, 0.717) is 23.4 Å². The van der Waals surface area contributed by atoms with E-state index in [0.717, 1.165) is 22.6 Å². The normalized spacial score (nSPS) is 22.9. The van der Waals surface area contributed by atoms with Crippen LogP contribution < -0.4 is 5.32 Å². The number of ketones is 1. The molecule has 0 saturated heterocycles. The van der Waals surface area contributed by atoms with Crippen molar-refractivity contribution in [2.45, 2.75) is 24.8 Å². The number of nitrogens with zero attached hydrogens (tertiary/aromatic N) is 1. The highest BCUT2D eigenvalue weighted by Gasteiger charge is 2.43. The monoisotopic (exact) mass is 418 g/mol. The quantitative estimate of drug-likeness (QED) is 0.517. The van der Waals surface area contributed by atoms with Gasteiger partial charge in [0.25, 0.3) is 0 Å². The highest BCUT2D eigenvalue weighted by molar-refractivity contribution is 6.31. The van der Waals surface area contributed by atoms with E-state index in [1.165, 1.54) is 6.07 Å². The molecular weight excluding hydrogens is 399 g/mol. The molecule has 1 heterocycles. The molecule has 1 aliphatic heterocycles. The summed E-state index contributed by atoms with van der Waals surface area (Å²) in [6.45, 7) is 0. The number of nitrogens with one attached hydrogen (secondary N) is 1. The van der Waals surface area contributed by atoms with Crippen molar-refractivity contribution in [2.24, 2.45) is 10.9 Å². The summed E-state index contributed by atoms with van der Waals surface area (Å²) in [6.07, 6.45) is 1.05. The van der Waals surface area contributed by atoms with Gasteiger partial charge in [-0.25, -0.2) is 4.39 Å². The van der Waals surface area contributed by atoms with Crippen LogP contribution >= 0.6 is 11.6 Å². The Balaban J connectivity index is 1.64. The SMILES string of the molecule is O=C1C[C@H](c2ccccc2)CC2=Nc3ccccc3N[C@H](c3c(F)cccc3Cl)C12. The summed E-state index contributed by atoms with van der Waals surface area (Å²) in [6, 6.07) is 21.7. The Morgan fingerprint density at radius 2 is 1.70 bits per heavy atom. The maximum Gasteiger partial charge on any atom is 0.144 e. The van der Waals surface area contributed by atoms with Crippen LogP contribution in [0.25, 0.3) is 0 Å². The third-order valence-corrected chi connectivity index (χ3v) is 6.33. The Morgan fingerprint density at radius 1 is 0.933 bits per heavy atom. The van der Waals surface area contributed by atoms with E-state index in [9.17, 15) is 9.18 Å². The van der Waals surface area contributed by atoms with E-state index < -0.39 is 17.8 Å². The molecule has 0 bridgehead atoms. The van der Waals surface area contributed by atoms with Crippen LogP contribution in [0.3, 0.4) is 0 Å². The van der Waals surface area contributed by atoms with E-state index in [1.54, 1.807) is 12.1 Å². The maximum atomic E-state index is 14.9. The van der Waals surface area contributed by atoms with Crippen LogP contribution in [-0.4, -0.2) is 11.5 Å². The maximum absolute atomic E-state index is 14.9. The highest BCUT2D eigenvalue weighted by atomic mass is 35.5. The van der Waals surface area contributed by atoms with Gasteiger partial charge in [-0.15, -0.1) is 0 Å². The smallest absolute Gasteiger partial charge is 0.144 e. The Kier molecular flexibility index (Phi) is 4.87. The summed E-state index contributed by atoms with van der Waals surface area (Å²) < 4.78 is 14.9. The first-order chi connectivity index (χ1) is 14.6. The van der Waals surface area contributed by atoms with Crippen molar-refractivity contribution in [2.75, 3.05) is 5.32 Å². The van der Waals surface area contributed by atoms with Crippen LogP contribution in [0.5, 0.6) is 0 Å². The van der Waals surface area contributed by atoms with Gasteiger partial charge in [0.1, 0.15) is 11.6 Å². The molecule has 150 valence electrons. The molecule has 0 spiro atoms. The summed E-state index contributed by atoms with van der Waals surface area (Å²) >= 11 is 6.42. The molecule has 1 saturated carbocycles. The number of halogens is 2. The number of hydrogen-bond donors (Lipinski definition) is 1. The average molecular weight is 419 g/mol. The lowest BCUT2D eigenvalue weighted by atomic mass is 9.72. The second kappa shape index (κ2) is 7.69. The summed E-state index contributed by atoms with van der Waals surface area (Å²) in [7, 11) is 0. The summed E-state index contributed by atoms with van der Waals surface area (Å²) in [5.41, 5.74) is 3.75. The molecule has 0 radical (unpaired) electrons. The predicted molar refractivity (Wildman–Crippen MR) is 118 cm³/mol. The van der Waals surface area contributed by atoms with Crippen LogP contribution in [0, 0.1) is 11.7 Å². The lowest BCUT2D eigenvalue weighted by molar-refractivity contribution is -0.122.